The zero-order chi connectivity index (χ0) is 15.0. The van der Waals surface area contributed by atoms with E-state index in [0.717, 1.165) is 17.0 Å². The predicted molar refractivity (Wildman–Crippen MR) is 86.9 cm³/mol. The van der Waals surface area contributed by atoms with Gasteiger partial charge in [0.15, 0.2) is 0 Å². The Balaban J connectivity index is 0.000000217. The van der Waals surface area contributed by atoms with Crippen LogP contribution in [-0.2, 0) is 0 Å². The minimum atomic E-state index is 0.571. The fourth-order valence-electron chi connectivity index (χ4n) is 2.64. The maximum absolute atomic E-state index is 7.09. The molecule has 0 saturated heterocycles. The van der Waals surface area contributed by atoms with Gasteiger partial charge in [-0.15, -0.1) is 0 Å². The first kappa shape index (κ1) is 16.5. The molecular formula is C17H28N2O. The van der Waals surface area contributed by atoms with Crippen molar-refractivity contribution < 1.29 is 4.74 Å². The SMILES string of the molecule is CCC1CCCCC1.COc1cc(C)c(C=N)cc1N. The van der Waals surface area contributed by atoms with E-state index in [2.05, 4.69) is 6.92 Å². The molecule has 1 aliphatic rings. The number of hydrogen-bond acceptors (Lipinski definition) is 3. The molecule has 0 heterocycles. The van der Waals surface area contributed by atoms with Gasteiger partial charge in [-0.25, -0.2) is 0 Å². The van der Waals surface area contributed by atoms with Crippen LogP contribution >= 0.6 is 0 Å². The number of rotatable bonds is 3. The lowest BCUT2D eigenvalue weighted by molar-refractivity contribution is 0.349. The molecule has 3 heteroatoms. The first-order valence-electron chi connectivity index (χ1n) is 7.56. The second-order valence-corrected chi connectivity index (χ2v) is 5.51. The molecule has 1 saturated carbocycles. The van der Waals surface area contributed by atoms with E-state index in [9.17, 15) is 0 Å². The van der Waals surface area contributed by atoms with E-state index >= 15 is 0 Å². The van der Waals surface area contributed by atoms with E-state index in [4.69, 9.17) is 15.9 Å². The molecule has 1 aromatic carbocycles. The average Bonchev–Trinajstić information content (AvgIpc) is 2.50. The van der Waals surface area contributed by atoms with E-state index < -0.39 is 0 Å². The van der Waals surface area contributed by atoms with Crippen LogP contribution in [0.2, 0.25) is 0 Å². The number of anilines is 1. The first-order chi connectivity index (χ1) is 9.62. The van der Waals surface area contributed by atoms with Crippen LogP contribution in [-0.4, -0.2) is 13.3 Å². The Bertz CT molecular complexity index is 423. The summed E-state index contributed by atoms with van der Waals surface area (Å²) in [6, 6.07) is 3.57. The van der Waals surface area contributed by atoms with E-state index in [0.29, 0.717) is 11.4 Å². The fraction of sp³-hybridized carbons (Fsp3) is 0.588. The van der Waals surface area contributed by atoms with E-state index in [1.807, 2.05) is 13.0 Å². The van der Waals surface area contributed by atoms with E-state index in [1.165, 1.54) is 44.7 Å². The number of nitrogen functional groups attached to an aromatic ring is 1. The zero-order valence-corrected chi connectivity index (χ0v) is 13.0. The normalized spacial score (nSPS) is 15.2. The van der Waals surface area contributed by atoms with Gasteiger partial charge in [0, 0.05) is 6.21 Å². The summed E-state index contributed by atoms with van der Waals surface area (Å²) >= 11 is 0. The number of aryl methyl sites for hydroxylation is 1. The lowest BCUT2D eigenvalue weighted by atomic mass is 9.88. The summed E-state index contributed by atoms with van der Waals surface area (Å²) in [7, 11) is 1.58. The highest BCUT2D eigenvalue weighted by molar-refractivity contribution is 5.82. The molecule has 2 rings (SSSR count). The maximum atomic E-state index is 7.09. The molecule has 112 valence electrons. The standard InChI is InChI=1S/C9H12N2O.C8H16/c1-6-3-9(12-2)8(11)4-7(6)5-10;1-2-8-6-4-3-5-7-8/h3-5,10H,11H2,1-2H3;8H,2-7H2,1H3. The lowest BCUT2D eigenvalue weighted by Gasteiger charge is -2.18. The second-order valence-electron chi connectivity index (χ2n) is 5.51. The Kier molecular flexibility index (Phi) is 7.13. The summed E-state index contributed by atoms with van der Waals surface area (Å²) in [5.74, 6) is 1.75. The Hall–Kier alpha value is -1.51. The highest BCUT2D eigenvalue weighted by Gasteiger charge is 2.09. The Morgan fingerprint density at radius 1 is 1.30 bits per heavy atom. The van der Waals surface area contributed by atoms with Crippen LogP contribution in [0.25, 0.3) is 0 Å². The van der Waals surface area contributed by atoms with Crippen molar-refractivity contribution in [2.45, 2.75) is 52.4 Å². The number of nitrogens with one attached hydrogen (secondary N) is 1. The highest BCUT2D eigenvalue weighted by Crippen LogP contribution is 2.25. The molecule has 0 amide bonds. The summed E-state index contributed by atoms with van der Waals surface area (Å²) in [5, 5.41) is 7.09. The fourth-order valence-corrected chi connectivity index (χ4v) is 2.64. The molecule has 1 aromatic rings. The highest BCUT2D eigenvalue weighted by atomic mass is 16.5. The van der Waals surface area contributed by atoms with Gasteiger partial charge in [0.05, 0.1) is 12.8 Å². The minimum Gasteiger partial charge on any atom is -0.495 e. The van der Waals surface area contributed by atoms with Crippen LogP contribution < -0.4 is 10.5 Å². The molecule has 0 radical (unpaired) electrons. The van der Waals surface area contributed by atoms with Crippen molar-refractivity contribution in [1.29, 1.82) is 5.41 Å². The summed E-state index contributed by atoms with van der Waals surface area (Å²) in [6.07, 6.45) is 10.2. The van der Waals surface area contributed by atoms with Crippen LogP contribution in [0, 0.1) is 18.3 Å². The van der Waals surface area contributed by atoms with Gasteiger partial charge in [-0.05, 0) is 36.1 Å². The molecule has 1 aliphatic carbocycles. The van der Waals surface area contributed by atoms with Crippen LogP contribution in [0.3, 0.4) is 0 Å². The third-order valence-corrected chi connectivity index (χ3v) is 4.08. The molecule has 0 atom stereocenters. The number of ether oxygens (including phenoxy) is 1. The molecular weight excluding hydrogens is 248 g/mol. The van der Waals surface area contributed by atoms with Gasteiger partial charge in [0.1, 0.15) is 5.75 Å². The van der Waals surface area contributed by atoms with Gasteiger partial charge in [-0.1, -0.05) is 45.4 Å². The monoisotopic (exact) mass is 276 g/mol. The Labute approximate surface area is 123 Å². The molecule has 0 spiro atoms. The van der Waals surface area contributed by atoms with Crippen LogP contribution in [0.1, 0.15) is 56.6 Å². The summed E-state index contributed by atoms with van der Waals surface area (Å²) in [4.78, 5) is 0. The van der Waals surface area contributed by atoms with Crippen molar-refractivity contribution in [3.8, 4) is 5.75 Å². The Morgan fingerprint density at radius 2 is 1.95 bits per heavy atom. The second kappa shape index (κ2) is 8.62. The molecule has 0 aromatic heterocycles. The molecule has 20 heavy (non-hydrogen) atoms. The van der Waals surface area contributed by atoms with Gasteiger partial charge < -0.3 is 15.9 Å². The van der Waals surface area contributed by atoms with Crippen LogP contribution in [0.5, 0.6) is 5.75 Å². The first-order valence-corrected chi connectivity index (χ1v) is 7.56. The Morgan fingerprint density at radius 3 is 2.40 bits per heavy atom. The van der Waals surface area contributed by atoms with E-state index in [1.54, 1.807) is 13.2 Å². The number of methoxy groups -OCH3 is 1. The minimum absolute atomic E-state index is 0.571. The average molecular weight is 276 g/mol. The number of nitrogens with two attached hydrogens (primary N) is 1. The third kappa shape index (κ3) is 4.87. The molecule has 3 N–H and O–H groups in total. The quantitative estimate of drug-likeness (QED) is 0.628. The summed E-state index contributed by atoms with van der Waals surface area (Å²) < 4.78 is 5.03. The van der Waals surface area contributed by atoms with E-state index in [-0.39, 0.29) is 0 Å². The van der Waals surface area contributed by atoms with Gasteiger partial charge in [0.2, 0.25) is 0 Å². The van der Waals surface area contributed by atoms with Gasteiger partial charge in [0.25, 0.3) is 0 Å². The largest absolute Gasteiger partial charge is 0.495 e. The molecule has 0 unspecified atom stereocenters. The van der Waals surface area contributed by atoms with Crippen LogP contribution in [0.4, 0.5) is 5.69 Å². The molecule has 1 fully saturated rings. The summed E-state index contributed by atoms with van der Waals surface area (Å²) in [6.45, 7) is 4.23. The third-order valence-electron chi connectivity index (χ3n) is 4.08. The van der Waals surface area contributed by atoms with Crippen molar-refractivity contribution in [2.75, 3.05) is 12.8 Å². The van der Waals surface area contributed by atoms with Crippen molar-refractivity contribution in [3.05, 3.63) is 23.3 Å². The number of hydrogen-bond donors (Lipinski definition) is 2. The van der Waals surface area contributed by atoms with Crippen LogP contribution in [0.15, 0.2) is 12.1 Å². The van der Waals surface area contributed by atoms with Gasteiger partial charge in [-0.3, -0.25) is 0 Å². The maximum Gasteiger partial charge on any atom is 0.142 e. The van der Waals surface area contributed by atoms with Crippen molar-refractivity contribution >= 4 is 11.9 Å². The van der Waals surface area contributed by atoms with Crippen molar-refractivity contribution in [2.24, 2.45) is 5.92 Å². The number of benzene rings is 1. The predicted octanol–water partition coefficient (Wildman–Crippen LogP) is 4.56. The molecule has 3 nitrogen and oxygen atoms in total. The smallest absolute Gasteiger partial charge is 0.142 e. The molecule has 0 bridgehead atoms. The topological polar surface area (TPSA) is 59.1 Å². The zero-order valence-electron chi connectivity index (χ0n) is 13.0. The summed E-state index contributed by atoms with van der Waals surface area (Å²) in [5.41, 5.74) is 8.04. The molecule has 0 aliphatic heterocycles. The lowest BCUT2D eigenvalue weighted by Crippen LogP contribution is -2.03. The van der Waals surface area contributed by atoms with Gasteiger partial charge >= 0.3 is 0 Å². The van der Waals surface area contributed by atoms with Crippen molar-refractivity contribution in [3.63, 3.8) is 0 Å². The van der Waals surface area contributed by atoms with Crippen molar-refractivity contribution in [1.82, 2.24) is 0 Å². The van der Waals surface area contributed by atoms with Gasteiger partial charge in [-0.2, -0.15) is 0 Å².